The third kappa shape index (κ3) is 4.21. The molecule has 90 valence electrons. The lowest BCUT2D eigenvalue weighted by Crippen LogP contribution is -2.20. The standard InChI is InChI=1S/C13H22N2O/c1-4-16-12-7-5-6-11(10-12)13(14)8-9-15(2)3/h5-7,10,13H,4,8-9,14H2,1-3H3. The van der Waals surface area contributed by atoms with Crippen LogP contribution in [0.5, 0.6) is 5.75 Å². The molecule has 0 aromatic heterocycles. The molecule has 0 amide bonds. The Kier molecular flexibility index (Phi) is 5.29. The van der Waals surface area contributed by atoms with Gasteiger partial charge in [0.05, 0.1) is 6.61 Å². The summed E-state index contributed by atoms with van der Waals surface area (Å²) >= 11 is 0. The Morgan fingerprint density at radius 2 is 2.12 bits per heavy atom. The summed E-state index contributed by atoms with van der Waals surface area (Å²) in [5, 5.41) is 0. The highest BCUT2D eigenvalue weighted by Crippen LogP contribution is 2.19. The van der Waals surface area contributed by atoms with E-state index in [1.807, 2.05) is 25.1 Å². The lowest BCUT2D eigenvalue weighted by atomic mass is 10.0. The van der Waals surface area contributed by atoms with Crippen molar-refractivity contribution in [2.75, 3.05) is 27.2 Å². The quantitative estimate of drug-likeness (QED) is 0.800. The maximum absolute atomic E-state index is 6.13. The van der Waals surface area contributed by atoms with Crippen molar-refractivity contribution in [3.63, 3.8) is 0 Å². The largest absolute Gasteiger partial charge is 0.494 e. The van der Waals surface area contributed by atoms with E-state index in [2.05, 4.69) is 25.1 Å². The maximum Gasteiger partial charge on any atom is 0.119 e. The van der Waals surface area contributed by atoms with E-state index >= 15 is 0 Å². The van der Waals surface area contributed by atoms with Crippen LogP contribution in [0, 0.1) is 0 Å². The van der Waals surface area contributed by atoms with Gasteiger partial charge >= 0.3 is 0 Å². The average Bonchev–Trinajstić information content (AvgIpc) is 2.26. The molecule has 16 heavy (non-hydrogen) atoms. The van der Waals surface area contributed by atoms with Crippen LogP contribution in [-0.2, 0) is 0 Å². The van der Waals surface area contributed by atoms with Crippen molar-refractivity contribution in [2.45, 2.75) is 19.4 Å². The second-order valence-electron chi connectivity index (χ2n) is 4.20. The number of nitrogens with zero attached hydrogens (tertiary/aromatic N) is 1. The van der Waals surface area contributed by atoms with E-state index in [9.17, 15) is 0 Å². The maximum atomic E-state index is 6.13. The highest BCUT2D eigenvalue weighted by Gasteiger charge is 2.07. The van der Waals surface area contributed by atoms with Crippen molar-refractivity contribution in [1.82, 2.24) is 4.90 Å². The first kappa shape index (κ1) is 13.0. The van der Waals surface area contributed by atoms with Gasteiger partial charge in [-0.3, -0.25) is 0 Å². The SMILES string of the molecule is CCOc1cccc(C(N)CCN(C)C)c1. The van der Waals surface area contributed by atoms with E-state index in [-0.39, 0.29) is 6.04 Å². The summed E-state index contributed by atoms with van der Waals surface area (Å²) in [7, 11) is 4.12. The molecule has 0 bridgehead atoms. The smallest absolute Gasteiger partial charge is 0.119 e. The van der Waals surface area contributed by atoms with Crippen molar-refractivity contribution < 1.29 is 4.74 Å². The molecule has 0 fully saturated rings. The number of rotatable bonds is 6. The molecule has 1 aromatic rings. The Balaban J connectivity index is 2.60. The Morgan fingerprint density at radius 1 is 1.38 bits per heavy atom. The van der Waals surface area contributed by atoms with E-state index in [4.69, 9.17) is 10.5 Å². The molecule has 3 heteroatoms. The Bertz CT molecular complexity index is 313. The number of ether oxygens (including phenoxy) is 1. The van der Waals surface area contributed by atoms with Gasteiger partial charge in [-0.05, 0) is 51.7 Å². The second-order valence-corrected chi connectivity index (χ2v) is 4.20. The molecule has 0 aliphatic carbocycles. The molecule has 2 N–H and O–H groups in total. The lowest BCUT2D eigenvalue weighted by Gasteiger charge is -2.16. The Morgan fingerprint density at radius 3 is 2.75 bits per heavy atom. The molecule has 0 saturated heterocycles. The molecule has 0 spiro atoms. The van der Waals surface area contributed by atoms with Crippen molar-refractivity contribution in [3.8, 4) is 5.75 Å². The zero-order chi connectivity index (χ0) is 12.0. The molecule has 0 aliphatic rings. The molecule has 1 rings (SSSR count). The Hall–Kier alpha value is -1.06. The minimum absolute atomic E-state index is 0.0859. The molecule has 0 heterocycles. The third-order valence-electron chi connectivity index (χ3n) is 2.48. The van der Waals surface area contributed by atoms with Gasteiger partial charge in [0.2, 0.25) is 0 Å². The number of benzene rings is 1. The number of hydrogen-bond donors (Lipinski definition) is 1. The number of nitrogens with two attached hydrogens (primary N) is 1. The van der Waals surface area contributed by atoms with Gasteiger partial charge in [0, 0.05) is 6.04 Å². The average molecular weight is 222 g/mol. The molecular formula is C13H22N2O. The molecule has 0 aliphatic heterocycles. The molecule has 1 aromatic carbocycles. The molecule has 1 unspecified atom stereocenters. The first-order valence-electron chi connectivity index (χ1n) is 5.76. The minimum atomic E-state index is 0.0859. The van der Waals surface area contributed by atoms with E-state index in [1.165, 1.54) is 0 Å². The van der Waals surface area contributed by atoms with Crippen molar-refractivity contribution in [2.24, 2.45) is 5.73 Å². The fourth-order valence-corrected chi connectivity index (χ4v) is 1.57. The van der Waals surface area contributed by atoms with Crippen LogP contribution < -0.4 is 10.5 Å². The zero-order valence-corrected chi connectivity index (χ0v) is 10.4. The lowest BCUT2D eigenvalue weighted by molar-refractivity contribution is 0.339. The monoisotopic (exact) mass is 222 g/mol. The fourth-order valence-electron chi connectivity index (χ4n) is 1.57. The van der Waals surface area contributed by atoms with Crippen LogP contribution in [0.2, 0.25) is 0 Å². The van der Waals surface area contributed by atoms with Crippen LogP contribution >= 0.6 is 0 Å². The third-order valence-corrected chi connectivity index (χ3v) is 2.48. The molecular weight excluding hydrogens is 200 g/mol. The van der Waals surface area contributed by atoms with Crippen molar-refractivity contribution in [1.29, 1.82) is 0 Å². The van der Waals surface area contributed by atoms with Crippen LogP contribution in [0.1, 0.15) is 24.9 Å². The molecule has 3 nitrogen and oxygen atoms in total. The molecule has 1 atom stereocenters. The highest BCUT2D eigenvalue weighted by molar-refractivity contribution is 5.30. The fraction of sp³-hybridized carbons (Fsp3) is 0.538. The van der Waals surface area contributed by atoms with Crippen molar-refractivity contribution >= 4 is 0 Å². The number of hydrogen-bond acceptors (Lipinski definition) is 3. The van der Waals surface area contributed by atoms with Crippen LogP contribution in [0.3, 0.4) is 0 Å². The summed E-state index contributed by atoms with van der Waals surface area (Å²) in [6.07, 6.45) is 0.961. The van der Waals surface area contributed by atoms with Gasteiger partial charge in [0.25, 0.3) is 0 Å². The predicted octanol–water partition coefficient (Wildman–Crippen LogP) is 2.04. The van der Waals surface area contributed by atoms with Crippen LogP contribution in [0.4, 0.5) is 0 Å². The van der Waals surface area contributed by atoms with Crippen molar-refractivity contribution in [3.05, 3.63) is 29.8 Å². The predicted molar refractivity (Wildman–Crippen MR) is 67.7 cm³/mol. The van der Waals surface area contributed by atoms with Gasteiger partial charge in [-0.1, -0.05) is 12.1 Å². The van der Waals surface area contributed by atoms with E-state index in [1.54, 1.807) is 0 Å². The first-order chi connectivity index (χ1) is 7.63. The van der Waals surface area contributed by atoms with Crippen LogP contribution in [-0.4, -0.2) is 32.1 Å². The van der Waals surface area contributed by atoms with Gasteiger partial charge in [0.15, 0.2) is 0 Å². The van der Waals surface area contributed by atoms with E-state index in [0.29, 0.717) is 6.61 Å². The van der Waals surface area contributed by atoms with Gasteiger partial charge in [-0.2, -0.15) is 0 Å². The Labute approximate surface area is 98.2 Å². The van der Waals surface area contributed by atoms with Gasteiger partial charge in [-0.15, -0.1) is 0 Å². The topological polar surface area (TPSA) is 38.5 Å². The van der Waals surface area contributed by atoms with Crippen LogP contribution in [0.25, 0.3) is 0 Å². The summed E-state index contributed by atoms with van der Waals surface area (Å²) in [5.41, 5.74) is 7.27. The van der Waals surface area contributed by atoms with Gasteiger partial charge < -0.3 is 15.4 Å². The second kappa shape index (κ2) is 6.51. The minimum Gasteiger partial charge on any atom is -0.494 e. The normalized spacial score (nSPS) is 12.8. The summed E-state index contributed by atoms with van der Waals surface area (Å²) in [4.78, 5) is 2.15. The van der Waals surface area contributed by atoms with Gasteiger partial charge in [-0.25, -0.2) is 0 Å². The van der Waals surface area contributed by atoms with Gasteiger partial charge in [0.1, 0.15) is 5.75 Å². The summed E-state index contributed by atoms with van der Waals surface area (Å²) in [6, 6.07) is 8.14. The van der Waals surface area contributed by atoms with E-state index in [0.717, 1.165) is 24.3 Å². The summed E-state index contributed by atoms with van der Waals surface area (Å²) in [5.74, 6) is 0.903. The zero-order valence-electron chi connectivity index (χ0n) is 10.4. The van der Waals surface area contributed by atoms with E-state index < -0.39 is 0 Å². The molecule has 0 saturated carbocycles. The highest BCUT2D eigenvalue weighted by atomic mass is 16.5. The van der Waals surface area contributed by atoms with Crippen LogP contribution in [0.15, 0.2) is 24.3 Å². The summed E-state index contributed by atoms with van der Waals surface area (Å²) < 4.78 is 5.46. The molecule has 0 radical (unpaired) electrons. The first-order valence-corrected chi connectivity index (χ1v) is 5.76. The summed E-state index contributed by atoms with van der Waals surface area (Å²) in [6.45, 7) is 3.68.